The second kappa shape index (κ2) is 10.5. The maximum Gasteiger partial charge on any atom is 0.222 e. The highest BCUT2D eigenvalue weighted by atomic mass is 16.5. The molecule has 0 saturated carbocycles. The van der Waals surface area contributed by atoms with Crippen LogP contribution in [0.2, 0.25) is 0 Å². The summed E-state index contributed by atoms with van der Waals surface area (Å²) < 4.78 is 5.63. The molecule has 0 bridgehead atoms. The minimum atomic E-state index is 0.305. The molecule has 0 aliphatic rings. The normalized spacial score (nSPS) is 10.9. The van der Waals surface area contributed by atoms with E-state index < -0.39 is 0 Å². The first-order valence-electron chi connectivity index (χ1n) is 10.4. The number of anilines is 2. The Morgan fingerprint density at radius 2 is 2.00 bits per heavy atom. The maximum absolute atomic E-state index is 6.00. The van der Waals surface area contributed by atoms with Crippen LogP contribution in [-0.4, -0.2) is 44.2 Å². The highest BCUT2D eigenvalue weighted by molar-refractivity contribution is 5.53. The van der Waals surface area contributed by atoms with Crippen molar-refractivity contribution in [3.05, 3.63) is 46.4 Å². The fraction of sp³-hybridized carbons (Fsp3) is 0.476. The number of aryl methyl sites for hydroxylation is 1. The molecule has 160 valence electrons. The number of ether oxygens (including phenoxy) is 1. The Balaban J connectivity index is 1.96. The summed E-state index contributed by atoms with van der Waals surface area (Å²) in [6, 6.07) is 6.12. The number of aromatic amines is 1. The Kier molecular flexibility index (Phi) is 7.53. The minimum absolute atomic E-state index is 0.305. The van der Waals surface area contributed by atoms with Gasteiger partial charge in [-0.05, 0) is 30.0 Å². The lowest BCUT2D eigenvalue weighted by Crippen LogP contribution is -2.13. The Bertz CT molecular complexity index is 942. The Hall–Kier alpha value is -3.23. The number of unbranched alkanes of at least 4 members (excludes halogenated alkanes) is 1. The number of nitrogen functional groups attached to an aromatic ring is 1. The van der Waals surface area contributed by atoms with Crippen LogP contribution in [0.5, 0.6) is 5.75 Å². The van der Waals surface area contributed by atoms with Gasteiger partial charge in [0.2, 0.25) is 5.95 Å². The van der Waals surface area contributed by atoms with Crippen molar-refractivity contribution in [1.82, 2.24) is 30.6 Å². The zero-order valence-corrected chi connectivity index (χ0v) is 17.9. The quantitative estimate of drug-likeness (QED) is 0.412. The van der Waals surface area contributed by atoms with Crippen LogP contribution in [0, 0.1) is 0 Å². The molecule has 2 aromatic heterocycles. The predicted molar refractivity (Wildman–Crippen MR) is 117 cm³/mol. The number of nitrogens with zero attached hydrogens (tertiary/aromatic N) is 5. The molecule has 0 radical (unpaired) electrons. The molecule has 3 aromatic rings. The van der Waals surface area contributed by atoms with Gasteiger partial charge < -0.3 is 15.8 Å². The first-order valence-corrected chi connectivity index (χ1v) is 10.4. The molecule has 0 aliphatic carbocycles. The molecule has 0 amide bonds. The Labute approximate surface area is 176 Å². The molecule has 3 rings (SSSR count). The summed E-state index contributed by atoms with van der Waals surface area (Å²) in [6.07, 6.45) is 5.23. The number of benzene rings is 1. The van der Waals surface area contributed by atoms with Crippen molar-refractivity contribution in [2.24, 2.45) is 0 Å². The predicted octanol–water partition coefficient (Wildman–Crippen LogP) is 2.93. The van der Waals surface area contributed by atoms with Crippen LogP contribution in [0.4, 0.5) is 11.8 Å². The van der Waals surface area contributed by atoms with E-state index in [2.05, 4.69) is 55.8 Å². The molecular weight excluding hydrogens is 380 g/mol. The topological polar surface area (TPSA) is 128 Å². The summed E-state index contributed by atoms with van der Waals surface area (Å²) >= 11 is 0. The van der Waals surface area contributed by atoms with E-state index in [1.165, 1.54) is 0 Å². The first-order chi connectivity index (χ1) is 14.6. The largest absolute Gasteiger partial charge is 0.496 e. The monoisotopic (exact) mass is 410 g/mol. The van der Waals surface area contributed by atoms with E-state index >= 15 is 0 Å². The summed E-state index contributed by atoms with van der Waals surface area (Å²) in [5.41, 5.74) is 10.2. The standard InChI is InChI=1S/C21H30N8O/c1-4-6-10-23-20-16(17(7-5-2)24-21(22)25-20)13-15-11-14(8-9-18(15)30-3)12-19-26-28-29-27-19/h8-9,11H,4-7,10,12-13H2,1-3H3,(H3,22,23,24,25)(H,26,27,28,29). The zero-order chi connectivity index (χ0) is 21.3. The molecule has 0 saturated heterocycles. The van der Waals surface area contributed by atoms with E-state index in [1.54, 1.807) is 7.11 Å². The van der Waals surface area contributed by atoms with Gasteiger partial charge >= 0.3 is 0 Å². The molecule has 0 unspecified atom stereocenters. The number of rotatable bonds is 11. The van der Waals surface area contributed by atoms with Crippen molar-refractivity contribution in [3.8, 4) is 5.75 Å². The number of methoxy groups -OCH3 is 1. The van der Waals surface area contributed by atoms with E-state index in [0.29, 0.717) is 24.6 Å². The molecule has 0 fully saturated rings. The molecule has 0 spiro atoms. The third-order valence-corrected chi connectivity index (χ3v) is 4.88. The highest BCUT2D eigenvalue weighted by Gasteiger charge is 2.16. The molecule has 0 aliphatic heterocycles. The van der Waals surface area contributed by atoms with Crippen LogP contribution in [0.25, 0.3) is 0 Å². The number of nitrogens with one attached hydrogen (secondary N) is 2. The van der Waals surface area contributed by atoms with Gasteiger partial charge in [-0.15, -0.1) is 10.2 Å². The van der Waals surface area contributed by atoms with Gasteiger partial charge in [-0.3, -0.25) is 0 Å². The maximum atomic E-state index is 6.00. The third-order valence-electron chi connectivity index (χ3n) is 4.88. The lowest BCUT2D eigenvalue weighted by Gasteiger charge is -2.17. The van der Waals surface area contributed by atoms with Gasteiger partial charge in [0.25, 0.3) is 0 Å². The number of nitrogens with two attached hydrogens (primary N) is 1. The summed E-state index contributed by atoms with van der Waals surface area (Å²) in [5.74, 6) is 2.59. The lowest BCUT2D eigenvalue weighted by molar-refractivity contribution is 0.410. The molecule has 1 aromatic carbocycles. The van der Waals surface area contributed by atoms with Crippen LogP contribution < -0.4 is 15.8 Å². The van der Waals surface area contributed by atoms with Gasteiger partial charge in [-0.2, -0.15) is 10.2 Å². The number of H-pyrrole nitrogens is 1. The molecule has 30 heavy (non-hydrogen) atoms. The number of tetrazole rings is 1. The highest BCUT2D eigenvalue weighted by Crippen LogP contribution is 2.29. The average molecular weight is 411 g/mol. The van der Waals surface area contributed by atoms with Crippen LogP contribution in [-0.2, 0) is 19.3 Å². The van der Waals surface area contributed by atoms with Gasteiger partial charge in [0.1, 0.15) is 11.6 Å². The number of hydrogen-bond donors (Lipinski definition) is 3. The summed E-state index contributed by atoms with van der Waals surface area (Å²) in [4.78, 5) is 9.05. The van der Waals surface area contributed by atoms with E-state index in [-0.39, 0.29) is 0 Å². The van der Waals surface area contributed by atoms with E-state index in [1.807, 2.05) is 12.1 Å². The van der Waals surface area contributed by atoms with Crippen molar-refractivity contribution in [3.63, 3.8) is 0 Å². The SMILES string of the molecule is CCCCNc1nc(N)nc(CCC)c1Cc1cc(Cc2nn[nH]n2)ccc1OC. The van der Waals surface area contributed by atoms with Crippen molar-refractivity contribution >= 4 is 11.8 Å². The van der Waals surface area contributed by atoms with Gasteiger partial charge in [-0.1, -0.05) is 44.0 Å². The van der Waals surface area contributed by atoms with E-state index in [9.17, 15) is 0 Å². The number of hydrogen-bond acceptors (Lipinski definition) is 8. The van der Waals surface area contributed by atoms with Gasteiger partial charge in [-0.25, -0.2) is 4.98 Å². The second-order valence-corrected chi connectivity index (χ2v) is 7.21. The number of aromatic nitrogens is 6. The van der Waals surface area contributed by atoms with E-state index in [4.69, 9.17) is 10.5 Å². The fourth-order valence-electron chi connectivity index (χ4n) is 3.42. The van der Waals surface area contributed by atoms with Crippen molar-refractivity contribution in [2.75, 3.05) is 24.7 Å². The van der Waals surface area contributed by atoms with Crippen molar-refractivity contribution < 1.29 is 4.74 Å². The molecule has 4 N–H and O–H groups in total. The Morgan fingerprint density at radius 3 is 2.70 bits per heavy atom. The molecule has 9 heteroatoms. The lowest BCUT2D eigenvalue weighted by atomic mass is 9.98. The van der Waals surface area contributed by atoms with Gasteiger partial charge in [0.15, 0.2) is 5.82 Å². The van der Waals surface area contributed by atoms with Crippen molar-refractivity contribution in [1.29, 1.82) is 0 Å². The second-order valence-electron chi connectivity index (χ2n) is 7.21. The van der Waals surface area contributed by atoms with Gasteiger partial charge in [0.05, 0.1) is 12.8 Å². The molecular formula is C21H30N8O. The molecule has 0 atom stereocenters. The summed E-state index contributed by atoms with van der Waals surface area (Å²) in [7, 11) is 1.69. The zero-order valence-electron chi connectivity index (χ0n) is 17.9. The summed E-state index contributed by atoms with van der Waals surface area (Å²) in [5, 5.41) is 17.7. The molecule has 2 heterocycles. The van der Waals surface area contributed by atoms with Crippen LogP contribution in [0.3, 0.4) is 0 Å². The molecule has 9 nitrogen and oxygen atoms in total. The smallest absolute Gasteiger partial charge is 0.222 e. The Morgan fingerprint density at radius 1 is 1.13 bits per heavy atom. The third kappa shape index (κ3) is 5.43. The first kappa shape index (κ1) is 21.5. The van der Waals surface area contributed by atoms with E-state index in [0.717, 1.165) is 66.2 Å². The average Bonchev–Trinajstić information content (AvgIpc) is 3.24. The van der Waals surface area contributed by atoms with Gasteiger partial charge in [0, 0.05) is 24.9 Å². The minimum Gasteiger partial charge on any atom is -0.496 e. The fourth-order valence-corrected chi connectivity index (χ4v) is 3.42. The van der Waals surface area contributed by atoms with Crippen LogP contribution in [0.15, 0.2) is 18.2 Å². The van der Waals surface area contributed by atoms with Crippen LogP contribution >= 0.6 is 0 Å². The van der Waals surface area contributed by atoms with Crippen LogP contribution in [0.1, 0.15) is 61.3 Å². The van der Waals surface area contributed by atoms with Crippen molar-refractivity contribution in [2.45, 2.75) is 52.4 Å². The summed E-state index contributed by atoms with van der Waals surface area (Å²) in [6.45, 7) is 5.15.